The molecular formula is C16H36O9Si2. The van der Waals surface area contributed by atoms with Gasteiger partial charge in [-0.1, -0.05) is 0 Å². The van der Waals surface area contributed by atoms with Crippen LogP contribution >= 0.6 is 0 Å². The van der Waals surface area contributed by atoms with Crippen molar-refractivity contribution >= 4 is 16.9 Å². The fourth-order valence-electron chi connectivity index (χ4n) is 2.87. The molecule has 4 N–H and O–H groups in total. The van der Waals surface area contributed by atoms with Gasteiger partial charge in [-0.05, 0) is 38.7 Å². The number of rotatable bonds is 12. The zero-order valence-corrected chi connectivity index (χ0v) is 19.0. The van der Waals surface area contributed by atoms with Crippen molar-refractivity contribution in [2.45, 2.75) is 69.4 Å². The molecule has 162 valence electrons. The Morgan fingerprint density at radius 2 is 1.59 bits per heavy atom. The Morgan fingerprint density at radius 1 is 0.926 bits per heavy atom. The summed E-state index contributed by atoms with van der Waals surface area (Å²) in [6, 6.07) is 0.835. The van der Waals surface area contributed by atoms with Crippen molar-refractivity contribution in [3.8, 4) is 0 Å². The molecule has 1 fully saturated rings. The van der Waals surface area contributed by atoms with Crippen LogP contribution in [0.1, 0.15) is 6.42 Å². The Labute approximate surface area is 163 Å². The SMILES string of the molecule is CO[Si](C)(CCCOCCOC1OC(CO)C(O)C(O)C1O)O[Si](C)(C)C. The van der Waals surface area contributed by atoms with Gasteiger partial charge in [0.25, 0.3) is 0 Å². The van der Waals surface area contributed by atoms with Crippen molar-refractivity contribution in [2.75, 3.05) is 33.5 Å². The topological polar surface area (TPSA) is 127 Å². The number of hydrogen-bond donors (Lipinski definition) is 4. The van der Waals surface area contributed by atoms with Crippen LogP contribution in [0.5, 0.6) is 0 Å². The molecule has 0 amide bonds. The highest BCUT2D eigenvalue weighted by Gasteiger charge is 2.44. The van der Waals surface area contributed by atoms with E-state index in [4.69, 9.17) is 27.9 Å². The van der Waals surface area contributed by atoms with E-state index in [1.165, 1.54) is 0 Å². The first kappa shape index (κ1) is 25.1. The van der Waals surface area contributed by atoms with E-state index in [-0.39, 0.29) is 13.2 Å². The fourth-order valence-corrected chi connectivity index (χ4v) is 9.78. The van der Waals surface area contributed by atoms with Gasteiger partial charge in [0.2, 0.25) is 0 Å². The Balaban J connectivity index is 2.23. The summed E-state index contributed by atoms with van der Waals surface area (Å²) >= 11 is 0. The van der Waals surface area contributed by atoms with Gasteiger partial charge in [-0.2, -0.15) is 0 Å². The van der Waals surface area contributed by atoms with Crippen molar-refractivity contribution in [1.29, 1.82) is 0 Å². The minimum absolute atomic E-state index is 0.146. The minimum Gasteiger partial charge on any atom is -0.436 e. The minimum atomic E-state index is -2.17. The van der Waals surface area contributed by atoms with Crippen LogP contribution in [0.3, 0.4) is 0 Å². The highest BCUT2D eigenvalue weighted by Crippen LogP contribution is 2.22. The van der Waals surface area contributed by atoms with Crippen LogP contribution < -0.4 is 0 Å². The van der Waals surface area contributed by atoms with Gasteiger partial charge >= 0.3 is 8.56 Å². The molecule has 0 bridgehead atoms. The maximum atomic E-state index is 9.87. The molecule has 6 atom stereocenters. The molecule has 0 aromatic rings. The summed E-state index contributed by atoms with van der Waals surface area (Å²) in [5, 5.41) is 38.4. The predicted molar refractivity (Wildman–Crippen MR) is 103 cm³/mol. The van der Waals surface area contributed by atoms with E-state index in [0.29, 0.717) is 6.61 Å². The first-order chi connectivity index (χ1) is 12.5. The zero-order chi connectivity index (χ0) is 20.7. The zero-order valence-electron chi connectivity index (χ0n) is 17.0. The average Bonchev–Trinajstić information content (AvgIpc) is 2.59. The van der Waals surface area contributed by atoms with E-state index < -0.39 is 54.2 Å². The highest BCUT2D eigenvalue weighted by atomic mass is 28.4. The Hall–Kier alpha value is 0.0738. The third-order valence-electron chi connectivity index (χ3n) is 4.23. The molecule has 1 saturated heterocycles. The summed E-state index contributed by atoms with van der Waals surface area (Å²) in [4.78, 5) is 0. The maximum Gasteiger partial charge on any atom is 0.324 e. The van der Waals surface area contributed by atoms with Gasteiger partial charge in [-0.3, -0.25) is 0 Å². The molecule has 0 radical (unpaired) electrons. The number of ether oxygens (including phenoxy) is 3. The smallest absolute Gasteiger partial charge is 0.324 e. The lowest BCUT2D eigenvalue weighted by molar-refractivity contribution is -0.302. The standard InChI is InChI=1S/C16H36O9Si2/c1-21-27(5,25-26(2,3)4)10-6-7-22-8-9-23-16-15(20)14(19)13(18)12(11-17)24-16/h12-20H,6-11H2,1-5H3. The van der Waals surface area contributed by atoms with E-state index in [0.717, 1.165) is 12.5 Å². The van der Waals surface area contributed by atoms with Crippen molar-refractivity contribution in [2.24, 2.45) is 0 Å². The Kier molecular flexibility index (Phi) is 10.5. The van der Waals surface area contributed by atoms with Crippen LogP contribution in [-0.4, -0.2) is 102 Å². The van der Waals surface area contributed by atoms with Crippen LogP contribution in [0.25, 0.3) is 0 Å². The summed E-state index contributed by atoms with van der Waals surface area (Å²) in [5.41, 5.74) is 0. The summed E-state index contributed by atoms with van der Waals surface area (Å²) in [6.45, 7) is 8.97. The van der Waals surface area contributed by atoms with E-state index in [1.54, 1.807) is 7.11 Å². The second-order valence-corrected chi connectivity index (χ2v) is 16.1. The summed E-state index contributed by atoms with van der Waals surface area (Å²) in [6.07, 6.45) is -5.52. The number of aliphatic hydroxyl groups excluding tert-OH is 4. The molecule has 0 aliphatic carbocycles. The van der Waals surface area contributed by atoms with Gasteiger partial charge < -0.3 is 43.2 Å². The van der Waals surface area contributed by atoms with Gasteiger partial charge in [-0.15, -0.1) is 0 Å². The Morgan fingerprint density at radius 3 is 2.15 bits per heavy atom. The monoisotopic (exact) mass is 428 g/mol. The molecular weight excluding hydrogens is 392 g/mol. The number of aliphatic hydroxyl groups is 4. The fraction of sp³-hybridized carbons (Fsp3) is 1.00. The van der Waals surface area contributed by atoms with Crippen molar-refractivity contribution in [3.63, 3.8) is 0 Å². The molecule has 1 heterocycles. The second-order valence-electron chi connectivity index (χ2n) is 7.84. The quantitative estimate of drug-likeness (QED) is 0.246. The molecule has 6 unspecified atom stereocenters. The molecule has 27 heavy (non-hydrogen) atoms. The molecule has 1 aliphatic rings. The van der Waals surface area contributed by atoms with Gasteiger partial charge in [0, 0.05) is 13.7 Å². The summed E-state index contributed by atoms with van der Waals surface area (Å²) in [5.74, 6) is 0. The van der Waals surface area contributed by atoms with E-state index in [2.05, 4.69) is 26.2 Å². The lowest BCUT2D eigenvalue weighted by Gasteiger charge is -2.39. The van der Waals surface area contributed by atoms with Crippen LogP contribution in [0, 0.1) is 0 Å². The van der Waals surface area contributed by atoms with Gasteiger partial charge in [0.1, 0.15) is 24.4 Å². The molecule has 0 spiro atoms. The molecule has 9 nitrogen and oxygen atoms in total. The maximum absolute atomic E-state index is 9.87. The molecule has 1 aliphatic heterocycles. The average molecular weight is 429 g/mol. The Bertz CT molecular complexity index is 421. The third kappa shape index (κ3) is 8.54. The van der Waals surface area contributed by atoms with Crippen molar-refractivity contribution in [1.82, 2.24) is 0 Å². The van der Waals surface area contributed by atoms with Crippen molar-refractivity contribution in [3.05, 3.63) is 0 Å². The molecule has 0 saturated carbocycles. The highest BCUT2D eigenvalue weighted by molar-refractivity contribution is 6.81. The first-order valence-corrected chi connectivity index (χ1v) is 15.2. The van der Waals surface area contributed by atoms with E-state index >= 15 is 0 Å². The number of hydrogen-bond acceptors (Lipinski definition) is 9. The summed E-state index contributed by atoms with van der Waals surface area (Å²) < 4.78 is 28.0. The van der Waals surface area contributed by atoms with Crippen LogP contribution in [-0.2, 0) is 22.8 Å². The van der Waals surface area contributed by atoms with Crippen molar-refractivity contribution < 1.29 is 43.2 Å². The summed E-state index contributed by atoms with van der Waals surface area (Å²) in [7, 11) is -2.13. The lowest BCUT2D eigenvalue weighted by Crippen LogP contribution is -2.59. The predicted octanol–water partition coefficient (Wildman–Crippen LogP) is -0.220. The molecule has 11 heteroatoms. The van der Waals surface area contributed by atoms with Gasteiger partial charge in [-0.25, -0.2) is 0 Å². The van der Waals surface area contributed by atoms with Gasteiger partial charge in [0.05, 0.1) is 19.8 Å². The van der Waals surface area contributed by atoms with Crippen LogP contribution in [0.4, 0.5) is 0 Å². The largest absolute Gasteiger partial charge is 0.436 e. The normalized spacial score (nSPS) is 31.7. The third-order valence-corrected chi connectivity index (χ3v) is 10.5. The molecule has 1 rings (SSSR count). The molecule has 0 aromatic heterocycles. The van der Waals surface area contributed by atoms with Crippen LogP contribution in [0.2, 0.25) is 32.2 Å². The second kappa shape index (κ2) is 11.3. The van der Waals surface area contributed by atoms with Crippen LogP contribution in [0.15, 0.2) is 0 Å². The lowest BCUT2D eigenvalue weighted by atomic mass is 9.99. The van der Waals surface area contributed by atoms with Gasteiger partial charge in [0.15, 0.2) is 14.6 Å². The van der Waals surface area contributed by atoms with E-state index in [1.807, 2.05) is 0 Å². The first-order valence-electron chi connectivity index (χ1n) is 9.28. The van der Waals surface area contributed by atoms with E-state index in [9.17, 15) is 15.3 Å². The molecule has 0 aromatic carbocycles.